The van der Waals surface area contributed by atoms with Crippen LogP contribution in [0.15, 0.2) is 59.6 Å². The third kappa shape index (κ3) is 3.78. The lowest BCUT2D eigenvalue weighted by Gasteiger charge is -2.34. The fourth-order valence-electron chi connectivity index (χ4n) is 3.74. The van der Waals surface area contributed by atoms with Crippen LogP contribution in [0.25, 0.3) is 10.9 Å². The summed E-state index contributed by atoms with van der Waals surface area (Å²) in [4.78, 5) is 6.07. The minimum absolute atomic E-state index is 0.398. The van der Waals surface area contributed by atoms with Gasteiger partial charge in [-0.15, -0.1) is 0 Å². The van der Waals surface area contributed by atoms with Crippen LogP contribution in [0.5, 0.6) is 0 Å². The van der Waals surface area contributed by atoms with E-state index < -0.39 is 10.0 Å². The summed E-state index contributed by atoms with van der Waals surface area (Å²) in [6.07, 6.45) is 3.05. The van der Waals surface area contributed by atoms with Crippen LogP contribution >= 0.6 is 0 Å². The lowest BCUT2D eigenvalue weighted by atomic mass is 10.1. The van der Waals surface area contributed by atoms with Crippen molar-refractivity contribution in [2.45, 2.75) is 18.2 Å². The molecule has 0 aliphatic carbocycles. The van der Waals surface area contributed by atoms with Gasteiger partial charge in [-0.3, -0.25) is 0 Å². The Bertz CT molecular complexity index is 1030. The van der Waals surface area contributed by atoms with E-state index in [2.05, 4.69) is 34.3 Å². The SMILES string of the molecule is Cc1cccc(S(=O)(=O)N2CCN(CCc3c[nH]c4ccccc34)CC2)c1. The number of para-hydroxylation sites is 1. The maximum absolute atomic E-state index is 12.8. The Morgan fingerprint density at radius 1 is 1.00 bits per heavy atom. The summed E-state index contributed by atoms with van der Waals surface area (Å²) in [6, 6.07) is 15.5. The second kappa shape index (κ2) is 7.46. The lowest BCUT2D eigenvalue weighted by molar-refractivity contribution is 0.190. The van der Waals surface area contributed by atoms with E-state index in [-0.39, 0.29) is 0 Å². The summed E-state index contributed by atoms with van der Waals surface area (Å²) in [5.74, 6) is 0. The van der Waals surface area contributed by atoms with Gasteiger partial charge in [0.2, 0.25) is 10.0 Å². The first-order chi connectivity index (χ1) is 13.0. The zero-order valence-corrected chi connectivity index (χ0v) is 16.4. The molecule has 0 radical (unpaired) electrons. The van der Waals surface area contributed by atoms with E-state index >= 15 is 0 Å². The fraction of sp³-hybridized carbons (Fsp3) is 0.333. The van der Waals surface area contributed by atoms with Gasteiger partial charge >= 0.3 is 0 Å². The molecule has 1 saturated heterocycles. The zero-order valence-electron chi connectivity index (χ0n) is 15.6. The molecule has 0 unspecified atom stereocenters. The standard InChI is InChI=1S/C21H25N3O2S/c1-17-5-4-6-19(15-17)27(25,26)24-13-11-23(12-14-24)10-9-18-16-22-21-8-3-2-7-20(18)21/h2-8,15-16,22H,9-14H2,1H3. The number of fused-ring (bicyclic) bond motifs is 1. The van der Waals surface area contributed by atoms with Crippen molar-refractivity contribution in [3.63, 3.8) is 0 Å². The summed E-state index contributed by atoms with van der Waals surface area (Å²) in [5, 5.41) is 1.28. The number of aromatic nitrogens is 1. The molecule has 0 atom stereocenters. The number of hydrogen-bond donors (Lipinski definition) is 1. The highest BCUT2D eigenvalue weighted by molar-refractivity contribution is 7.89. The smallest absolute Gasteiger partial charge is 0.243 e. The quantitative estimate of drug-likeness (QED) is 0.737. The molecule has 6 heteroatoms. The topological polar surface area (TPSA) is 56.4 Å². The molecule has 1 fully saturated rings. The van der Waals surface area contributed by atoms with Gasteiger partial charge in [0.15, 0.2) is 0 Å². The highest BCUT2D eigenvalue weighted by atomic mass is 32.2. The first kappa shape index (κ1) is 18.2. The Balaban J connectivity index is 1.36. The molecule has 27 heavy (non-hydrogen) atoms. The molecule has 0 saturated carbocycles. The van der Waals surface area contributed by atoms with Crippen molar-refractivity contribution in [1.29, 1.82) is 0 Å². The Morgan fingerprint density at radius 2 is 1.78 bits per heavy atom. The van der Waals surface area contributed by atoms with Gasteiger partial charge in [0.05, 0.1) is 4.90 Å². The number of aromatic amines is 1. The molecular formula is C21H25N3O2S. The van der Waals surface area contributed by atoms with Crippen LogP contribution in [-0.2, 0) is 16.4 Å². The number of nitrogens with one attached hydrogen (secondary N) is 1. The normalized spacial score (nSPS) is 16.8. The molecule has 4 rings (SSSR count). The number of rotatable bonds is 5. The van der Waals surface area contributed by atoms with E-state index in [9.17, 15) is 8.42 Å². The molecule has 2 aromatic carbocycles. The Labute approximate surface area is 160 Å². The molecule has 1 N–H and O–H groups in total. The van der Waals surface area contributed by atoms with Gasteiger partial charge in [-0.05, 0) is 42.7 Å². The van der Waals surface area contributed by atoms with Crippen LogP contribution in [0.3, 0.4) is 0 Å². The average molecular weight is 384 g/mol. The fourth-order valence-corrected chi connectivity index (χ4v) is 5.26. The van der Waals surface area contributed by atoms with Crippen LogP contribution in [0.4, 0.5) is 0 Å². The number of benzene rings is 2. The molecule has 3 aromatic rings. The summed E-state index contributed by atoms with van der Waals surface area (Å²) in [5.41, 5.74) is 3.45. The van der Waals surface area contributed by atoms with Gasteiger partial charge in [0, 0.05) is 49.8 Å². The van der Waals surface area contributed by atoms with Crippen molar-refractivity contribution in [3.05, 3.63) is 65.9 Å². The van der Waals surface area contributed by atoms with Crippen LogP contribution < -0.4 is 0 Å². The lowest BCUT2D eigenvalue weighted by Crippen LogP contribution is -2.49. The van der Waals surface area contributed by atoms with Crippen LogP contribution in [0.1, 0.15) is 11.1 Å². The number of piperazine rings is 1. The maximum atomic E-state index is 12.8. The van der Waals surface area contributed by atoms with Crippen molar-refractivity contribution < 1.29 is 8.42 Å². The first-order valence-corrected chi connectivity index (χ1v) is 10.8. The van der Waals surface area contributed by atoms with Crippen LogP contribution in [-0.4, -0.2) is 55.3 Å². The molecule has 0 bridgehead atoms. The first-order valence-electron chi connectivity index (χ1n) is 9.38. The molecular weight excluding hydrogens is 358 g/mol. The molecule has 1 aliphatic heterocycles. The number of sulfonamides is 1. The van der Waals surface area contributed by atoms with Gasteiger partial charge in [0.25, 0.3) is 0 Å². The molecule has 0 spiro atoms. The van der Waals surface area contributed by atoms with E-state index in [0.717, 1.165) is 31.6 Å². The monoisotopic (exact) mass is 383 g/mol. The van der Waals surface area contributed by atoms with Gasteiger partial charge in [-0.2, -0.15) is 4.31 Å². The average Bonchev–Trinajstić information content (AvgIpc) is 3.10. The largest absolute Gasteiger partial charge is 0.361 e. The molecule has 0 amide bonds. The summed E-state index contributed by atoms with van der Waals surface area (Å²) >= 11 is 0. The van der Waals surface area contributed by atoms with Gasteiger partial charge in [0.1, 0.15) is 0 Å². The molecule has 2 heterocycles. The molecule has 142 valence electrons. The molecule has 1 aromatic heterocycles. The molecule has 5 nitrogen and oxygen atoms in total. The second-order valence-electron chi connectivity index (χ2n) is 7.17. The maximum Gasteiger partial charge on any atom is 0.243 e. The Morgan fingerprint density at radius 3 is 2.56 bits per heavy atom. The Hall–Kier alpha value is -2.15. The van der Waals surface area contributed by atoms with Gasteiger partial charge in [-0.25, -0.2) is 8.42 Å². The van der Waals surface area contributed by atoms with E-state index in [1.165, 1.54) is 16.5 Å². The highest BCUT2D eigenvalue weighted by Gasteiger charge is 2.28. The summed E-state index contributed by atoms with van der Waals surface area (Å²) < 4.78 is 27.3. The van der Waals surface area contributed by atoms with E-state index in [4.69, 9.17) is 0 Å². The third-order valence-electron chi connectivity index (χ3n) is 5.33. The number of aryl methyl sites for hydroxylation is 1. The Kier molecular flexibility index (Phi) is 5.04. The highest BCUT2D eigenvalue weighted by Crippen LogP contribution is 2.20. The van der Waals surface area contributed by atoms with Crippen molar-refractivity contribution in [3.8, 4) is 0 Å². The van der Waals surface area contributed by atoms with Crippen molar-refractivity contribution in [2.75, 3.05) is 32.7 Å². The predicted octanol–water partition coefficient (Wildman–Crippen LogP) is 3.03. The van der Waals surface area contributed by atoms with Gasteiger partial charge < -0.3 is 9.88 Å². The van der Waals surface area contributed by atoms with E-state index in [1.54, 1.807) is 22.5 Å². The van der Waals surface area contributed by atoms with Crippen LogP contribution in [0, 0.1) is 6.92 Å². The summed E-state index contributed by atoms with van der Waals surface area (Å²) in [7, 11) is -3.39. The van der Waals surface area contributed by atoms with Crippen molar-refractivity contribution in [2.24, 2.45) is 0 Å². The molecule has 1 aliphatic rings. The van der Waals surface area contributed by atoms with E-state index in [1.807, 2.05) is 19.1 Å². The van der Waals surface area contributed by atoms with E-state index in [0.29, 0.717) is 18.0 Å². The zero-order chi connectivity index (χ0) is 18.9. The number of hydrogen-bond acceptors (Lipinski definition) is 3. The third-order valence-corrected chi connectivity index (χ3v) is 7.23. The summed E-state index contributed by atoms with van der Waals surface area (Å²) in [6.45, 7) is 5.50. The minimum atomic E-state index is -3.39. The predicted molar refractivity (Wildman–Crippen MR) is 108 cm³/mol. The minimum Gasteiger partial charge on any atom is -0.361 e. The van der Waals surface area contributed by atoms with Crippen LogP contribution in [0.2, 0.25) is 0 Å². The van der Waals surface area contributed by atoms with Gasteiger partial charge in [-0.1, -0.05) is 30.3 Å². The second-order valence-corrected chi connectivity index (χ2v) is 9.11. The number of nitrogens with zero attached hydrogens (tertiary/aromatic N) is 2. The van der Waals surface area contributed by atoms with Crippen molar-refractivity contribution >= 4 is 20.9 Å². The van der Waals surface area contributed by atoms with Crippen molar-refractivity contribution in [1.82, 2.24) is 14.2 Å². The number of H-pyrrole nitrogens is 1.